The first kappa shape index (κ1) is 17.3. The van der Waals surface area contributed by atoms with Crippen LogP contribution in [-0.2, 0) is 4.79 Å². The van der Waals surface area contributed by atoms with Crippen molar-refractivity contribution in [2.24, 2.45) is 11.3 Å². The quantitative estimate of drug-likeness (QED) is 0.807. The van der Waals surface area contributed by atoms with E-state index in [9.17, 15) is 20.6 Å². The second-order valence-corrected chi connectivity index (χ2v) is 7.57. The fourth-order valence-electron chi connectivity index (χ4n) is 4.25. The van der Waals surface area contributed by atoms with Crippen LogP contribution in [0.5, 0.6) is 0 Å². The first-order chi connectivity index (χ1) is 13.1. The van der Waals surface area contributed by atoms with Gasteiger partial charge in [0.25, 0.3) is 0 Å². The molecule has 0 amide bonds. The topological polar surface area (TPSA) is 91.7 Å². The maximum Gasteiger partial charge on any atom is 0.176 e. The Morgan fingerprint density at radius 1 is 1.19 bits per heavy atom. The van der Waals surface area contributed by atoms with E-state index in [1.165, 1.54) is 0 Å². The zero-order chi connectivity index (χ0) is 19.2. The van der Waals surface area contributed by atoms with E-state index < -0.39 is 23.4 Å². The Bertz CT molecular complexity index is 988. The van der Waals surface area contributed by atoms with Crippen molar-refractivity contribution in [3.8, 4) is 18.2 Å². The lowest BCUT2D eigenvalue weighted by Crippen LogP contribution is -2.40. The first-order valence-corrected chi connectivity index (χ1v) is 9.13. The summed E-state index contributed by atoms with van der Waals surface area (Å²) in [6.45, 7) is 0. The summed E-state index contributed by atoms with van der Waals surface area (Å²) in [6, 6.07) is 12.2. The summed E-state index contributed by atoms with van der Waals surface area (Å²) in [7, 11) is 0. The van der Waals surface area contributed by atoms with Crippen LogP contribution < -0.4 is 0 Å². The van der Waals surface area contributed by atoms with Crippen molar-refractivity contribution in [3.05, 3.63) is 58.8 Å². The Labute approximate surface area is 162 Å². The Morgan fingerprint density at radius 3 is 2.48 bits per heavy atom. The monoisotopic (exact) mass is 374 g/mol. The molecule has 1 saturated heterocycles. The van der Waals surface area contributed by atoms with Gasteiger partial charge in [-0.05, 0) is 30.5 Å². The summed E-state index contributed by atoms with van der Waals surface area (Å²) in [6.07, 6.45) is 6.54. The summed E-state index contributed by atoms with van der Waals surface area (Å²) < 4.78 is 0. The highest BCUT2D eigenvalue weighted by molar-refractivity contribution is 6.31. The molecule has 0 radical (unpaired) electrons. The van der Waals surface area contributed by atoms with Gasteiger partial charge < -0.3 is 4.90 Å². The lowest BCUT2D eigenvalue weighted by atomic mass is 9.69. The molecule has 3 aliphatic rings. The van der Waals surface area contributed by atoms with Gasteiger partial charge in [0.15, 0.2) is 11.2 Å². The fourth-order valence-corrected chi connectivity index (χ4v) is 4.50. The number of Topliss-reactive ketones (excluding diaryl/α,β-unsaturated/α-hetero) is 1. The number of benzene rings is 1. The standard InChI is InChI=1S/C21H15ClN4O/c22-16-4-2-1-3-15(16)18-19(20(27)14-6-7-14)26-10-13(9-23)5-8-17(26)21(18,11-24)12-25/h1-5,8,10,14,17-19H,6-7H2. The van der Waals surface area contributed by atoms with Crippen molar-refractivity contribution in [1.29, 1.82) is 15.8 Å². The molecule has 2 heterocycles. The van der Waals surface area contributed by atoms with Crippen LogP contribution in [0.25, 0.3) is 0 Å². The minimum absolute atomic E-state index is 0.0149. The fraction of sp³-hybridized carbons (Fsp3) is 0.333. The van der Waals surface area contributed by atoms with E-state index in [4.69, 9.17) is 11.6 Å². The van der Waals surface area contributed by atoms with E-state index in [1.807, 2.05) is 0 Å². The molecular formula is C21H15ClN4O. The zero-order valence-electron chi connectivity index (χ0n) is 14.3. The van der Waals surface area contributed by atoms with Gasteiger partial charge in [-0.1, -0.05) is 35.9 Å². The third kappa shape index (κ3) is 2.46. The molecular weight excluding hydrogens is 360 g/mol. The number of nitrogens with zero attached hydrogens (tertiary/aromatic N) is 4. The predicted octanol–water partition coefficient (Wildman–Crippen LogP) is 3.47. The summed E-state index contributed by atoms with van der Waals surface area (Å²) in [5, 5.41) is 29.9. The number of ketones is 1. The number of halogens is 1. The molecule has 2 aliphatic heterocycles. The average molecular weight is 375 g/mol. The van der Waals surface area contributed by atoms with E-state index in [1.54, 1.807) is 47.5 Å². The molecule has 3 unspecified atom stereocenters. The van der Waals surface area contributed by atoms with E-state index in [2.05, 4.69) is 18.2 Å². The number of carbonyl (C=O) groups is 1. The molecule has 4 rings (SSSR count). The van der Waals surface area contributed by atoms with Gasteiger partial charge in [-0.15, -0.1) is 0 Å². The highest BCUT2D eigenvalue weighted by Gasteiger charge is 2.63. The van der Waals surface area contributed by atoms with Gasteiger partial charge in [-0.3, -0.25) is 4.79 Å². The van der Waals surface area contributed by atoms with Crippen LogP contribution in [0.1, 0.15) is 24.3 Å². The second-order valence-electron chi connectivity index (χ2n) is 7.16. The zero-order valence-corrected chi connectivity index (χ0v) is 15.1. The molecule has 2 fully saturated rings. The van der Waals surface area contributed by atoms with Crippen molar-refractivity contribution in [1.82, 2.24) is 4.90 Å². The Hall–Kier alpha value is -3.07. The predicted molar refractivity (Wildman–Crippen MR) is 97.8 cm³/mol. The summed E-state index contributed by atoms with van der Waals surface area (Å²) in [5.41, 5.74) is -0.464. The molecule has 0 aromatic heterocycles. The van der Waals surface area contributed by atoms with Crippen LogP contribution in [0.2, 0.25) is 5.02 Å². The van der Waals surface area contributed by atoms with Crippen LogP contribution in [0.4, 0.5) is 0 Å². The largest absolute Gasteiger partial charge is 0.356 e. The number of carbonyl (C=O) groups excluding carboxylic acids is 1. The molecule has 3 atom stereocenters. The molecule has 1 aromatic carbocycles. The number of hydrogen-bond donors (Lipinski definition) is 0. The highest BCUT2D eigenvalue weighted by atomic mass is 35.5. The molecule has 27 heavy (non-hydrogen) atoms. The van der Waals surface area contributed by atoms with Crippen LogP contribution in [0.15, 0.2) is 48.2 Å². The Balaban J connectivity index is 1.96. The van der Waals surface area contributed by atoms with Gasteiger partial charge in [0.2, 0.25) is 0 Å². The third-order valence-electron chi connectivity index (χ3n) is 5.67. The number of nitriles is 3. The van der Waals surface area contributed by atoms with Crippen LogP contribution >= 0.6 is 11.6 Å². The van der Waals surface area contributed by atoms with Gasteiger partial charge in [0.05, 0.1) is 29.8 Å². The van der Waals surface area contributed by atoms with Crippen LogP contribution in [0.3, 0.4) is 0 Å². The van der Waals surface area contributed by atoms with E-state index >= 15 is 0 Å². The van der Waals surface area contributed by atoms with E-state index in [0.29, 0.717) is 16.2 Å². The van der Waals surface area contributed by atoms with Gasteiger partial charge in [-0.25, -0.2) is 0 Å². The second kappa shape index (κ2) is 6.27. The van der Waals surface area contributed by atoms with Crippen molar-refractivity contribution >= 4 is 17.4 Å². The Morgan fingerprint density at radius 2 is 1.89 bits per heavy atom. The van der Waals surface area contributed by atoms with Gasteiger partial charge in [0, 0.05) is 23.1 Å². The summed E-state index contributed by atoms with van der Waals surface area (Å²) in [4.78, 5) is 15.0. The molecule has 5 nitrogen and oxygen atoms in total. The van der Waals surface area contributed by atoms with E-state index in [-0.39, 0.29) is 11.7 Å². The van der Waals surface area contributed by atoms with E-state index in [0.717, 1.165) is 12.8 Å². The first-order valence-electron chi connectivity index (χ1n) is 8.75. The SMILES string of the molecule is N#CC1=CN2C(C(=O)C3CC3)C(c3ccccc3Cl)C(C#N)(C#N)C2C=C1. The minimum atomic E-state index is -1.48. The van der Waals surface area contributed by atoms with Crippen molar-refractivity contribution in [2.45, 2.75) is 30.8 Å². The number of rotatable bonds is 3. The molecule has 0 spiro atoms. The number of hydrogen-bond acceptors (Lipinski definition) is 5. The highest BCUT2D eigenvalue weighted by Crippen LogP contribution is 2.55. The number of allylic oxidation sites excluding steroid dienone is 2. The molecule has 132 valence electrons. The summed E-state index contributed by atoms with van der Waals surface area (Å²) in [5.74, 6) is -0.738. The lowest BCUT2D eigenvalue weighted by molar-refractivity contribution is -0.124. The van der Waals surface area contributed by atoms with Crippen molar-refractivity contribution in [2.75, 3.05) is 0 Å². The molecule has 6 heteroatoms. The van der Waals surface area contributed by atoms with Gasteiger partial charge >= 0.3 is 0 Å². The Kier molecular flexibility index (Phi) is 4.03. The van der Waals surface area contributed by atoms with Crippen molar-refractivity contribution < 1.29 is 4.79 Å². The van der Waals surface area contributed by atoms with Gasteiger partial charge in [0.1, 0.15) is 6.07 Å². The molecule has 1 saturated carbocycles. The maximum absolute atomic E-state index is 13.2. The molecule has 0 N–H and O–H groups in total. The normalized spacial score (nSPS) is 27.7. The van der Waals surface area contributed by atoms with Crippen molar-refractivity contribution in [3.63, 3.8) is 0 Å². The van der Waals surface area contributed by atoms with Crippen LogP contribution in [-0.4, -0.2) is 22.8 Å². The van der Waals surface area contributed by atoms with Gasteiger partial charge in [-0.2, -0.15) is 15.8 Å². The average Bonchev–Trinajstić information content (AvgIpc) is 3.50. The van der Waals surface area contributed by atoms with Crippen LogP contribution in [0, 0.1) is 45.3 Å². The minimum Gasteiger partial charge on any atom is -0.356 e. The molecule has 1 aliphatic carbocycles. The summed E-state index contributed by atoms with van der Waals surface area (Å²) >= 11 is 6.43. The third-order valence-corrected chi connectivity index (χ3v) is 6.02. The molecule has 1 aromatic rings. The smallest absolute Gasteiger partial charge is 0.176 e. The number of fused-ring (bicyclic) bond motifs is 1. The lowest BCUT2D eigenvalue weighted by Gasteiger charge is -2.30. The molecule has 0 bridgehead atoms. The maximum atomic E-state index is 13.2.